The highest BCUT2D eigenvalue weighted by molar-refractivity contribution is 5.69. The summed E-state index contributed by atoms with van der Waals surface area (Å²) in [5.41, 5.74) is 0. The molecule has 0 radical (unpaired) electrons. The van der Waals surface area contributed by atoms with Crippen molar-refractivity contribution in [3.63, 3.8) is 0 Å². The summed E-state index contributed by atoms with van der Waals surface area (Å²) in [6, 6.07) is 0. The van der Waals surface area contributed by atoms with E-state index in [1.807, 2.05) is 0 Å². The molecule has 106 valence electrons. The van der Waals surface area contributed by atoms with Gasteiger partial charge in [0.15, 0.2) is 0 Å². The van der Waals surface area contributed by atoms with Crippen molar-refractivity contribution in [2.75, 3.05) is 46.6 Å². The number of unbranched alkanes of at least 4 members (excludes halogenated alkanes) is 1. The summed E-state index contributed by atoms with van der Waals surface area (Å²) in [5.74, 6) is -0.207. The highest BCUT2D eigenvalue weighted by Crippen LogP contribution is 2.09. The minimum Gasteiger partial charge on any atom is -0.469 e. The van der Waals surface area contributed by atoms with E-state index < -0.39 is 0 Å². The van der Waals surface area contributed by atoms with Gasteiger partial charge in [-0.05, 0) is 6.42 Å². The standard InChI is InChI=1S/C13H25NO4/c1-3-4-7-17-8-5-14-6-9-18-12(11-14)10-13(15)16-2/h12H,3-11H2,1-2H3. The fraction of sp³-hybridized carbons (Fsp3) is 0.923. The van der Waals surface area contributed by atoms with Crippen LogP contribution in [0.5, 0.6) is 0 Å². The average molecular weight is 259 g/mol. The molecule has 1 fully saturated rings. The molecule has 18 heavy (non-hydrogen) atoms. The van der Waals surface area contributed by atoms with Crippen molar-refractivity contribution < 1.29 is 19.0 Å². The number of rotatable bonds is 8. The molecule has 1 aliphatic rings. The van der Waals surface area contributed by atoms with E-state index >= 15 is 0 Å². The summed E-state index contributed by atoms with van der Waals surface area (Å²) in [4.78, 5) is 13.5. The van der Waals surface area contributed by atoms with E-state index in [1.165, 1.54) is 13.5 Å². The number of ether oxygens (including phenoxy) is 3. The SMILES string of the molecule is CCCCOCCN1CCOC(CC(=O)OC)C1. The molecule has 0 aromatic rings. The Kier molecular flexibility index (Phi) is 7.96. The van der Waals surface area contributed by atoms with Gasteiger partial charge in [-0.2, -0.15) is 0 Å². The molecular weight excluding hydrogens is 234 g/mol. The van der Waals surface area contributed by atoms with Gasteiger partial charge in [0, 0.05) is 26.2 Å². The Morgan fingerprint density at radius 2 is 2.28 bits per heavy atom. The van der Waals surface area contributed by atoms with Gasteiger partial charge in [-0.15, -0.1) is 0 Å². The predicted molar refractivity (Wildman–Crippen MR) is 68.5 cm³/mol. The first kappa shape index (κ1) is 15.4. The third kappa shape index (κ3) is 6.33. The molecule has 0 aliphatic carbocycles. The Bertz CT molecular complexity index is 235. The molecule has 0 saturated carbocycles. The van der Waals surface area contributed by atoms with Crippen molar-refractivity contribution in [3.05, 3.63) is 0 Å². The molecule has 1 atom stereocenters. The van der Waals surface area contributed by atoms with Gasteiger partial charge in [0.2, 0.25) is 0 Å². The lowest BCUT2D eigenvalue weighted by Crippen LogP contribution is -2.44. The Balaban J connectivity index is 2.12. The van der Waals surface area contributed by atoms with E-state index in [2.05, 4.69) is 16.6 Å². The van der Waals surface area contributed by atoms with Gasteiger partial charge in [0.1, 0.15) is 0 Å². The third-order valence-electron chi connectivity index (χ3n) is 3.04. The van der Waals surface area contributed by atoms with E-state index in [0.717, 1.165) is 39.3 Å². The Morgan fingerprint density at radius 1 is 1.44 bits per heavy atom. The second kappa shape index (κ2) is 9.30. The number of carbonyl (C=O) groups excluding carboxylic acids is 1. The van der Waals surface area contributed by atoms with Crippen LogP contribution in [0.1, 0.15) is 26.2 Å². The third-order valence-corrected chi connectivity index (χ3v) is 3.04. The maximum Gasteiger partial charge on any atom is 0.308 e. The van der Waals surface area contributed by atoms with Crippen LogP contribution in [-0.4, -0.2) is 63.5 Å². The van der Waals surface area contributed by atoms with Crippen LogP contribution in [0.25, 0.3) is 0 Å². The lowest BCUT2D eigenvalue weighted by atomic mass is 10.2. The molecule has 1 heterocycles. The fourth-order valence-electron chi connectivity index (χ4n) is 1.92. The Morgan fingerprint density at radius 3 is 3.00 bits per heavy atom. The molecule has 0 spiro atoms. The fourth-order valence-corrected chi connectivity index (χ4v) is 1.92. The zero-order valence-corrected chi connectivity index (χ0v) is 11.5. The quantitative estimate of drug-likeness (QED) is 0.482. The van der Waals surface area contributed by atoms with E-state index in [9.17, 15) is 4.79 Å². The largest absolute Gasteiger partial charge is 0.469 e. The molecule has 5 nitrogen and oxygen atoms in total. The van der Waals surface area contributed by atoms with Gasteiger partial charge < -0.3 is 14.2 Å². The van der Waals surface area contributed by atoms with Gasteiger partial charge in [0.25, 0.3) is 0 Å². The molecular formula is C13H25NO4. The van der Waals surface area contributed by atoms with Crippen LogP contribution in [0.3, 0.4) is 0 Å². The van der Waals surface area contributed by atoms with Crippen molar-refractivity contribution in [2.24, 2.45) is 0 Å². The highest BCUT2D eigenvalue weighted by atomic mass is 16.5. The summed E-state index contributed by atoms with van der Waals surface area (Å²) in [6.07, 6.45) is 2.58. The lowest BCUT2D eigenvalue weighted by Gasteiger charge is -2.32. The molecule has 0 bridgehead atoms. The van der Waals surface area contributed by atoms with Gasteiger partial charge in [-0.1, -0.05) is 13.3 Å². The second-order valence-electron chi connectivity index (χ2n) is 4.54. The summed E-state index contributed by atoms with van der Waals surface area (Å²) in [6.45, 7) is 7.03. The van der Waals surface area contributed by atoms with Gasteiger partial charge in [-0.3, -0.25) is 9.69 Å². The normalized spacial score (nSPS) is 20.9. The molecule has 0 amide bonds. The van der Waals surface area contributed by atoms with Crippen molar-refractivity contribution in [2.45, 2.75) is 32.3 Å². The monoisotopic (exact) mass is 259 g/mol. The number of hydrogen-bond acceptors (Lipinski definition) is 5. The Hall–Kier alpha value is -0.650. The molecule has 1 saturated heterocycles. The van der Waals surface area contributed by atoms with Gasteiger partial charge in [-0.25, -0.2) is 0 Å². The minimum atomic E-state index is -0.207. The second-order valence-corrected chi connectivity index (χ2v) is 4.54. The van der Waals surface area contributed by atoms with Crippen molar-refractivity contribution >= 4 is 5.97 Å². The number of morpholine rings is 1. The molecule has 1 aliphatic heterocycles. The van der Waals surface area contributed by atoms with Crippen LogP contribution >= 0.6 is 0 Å². The van der Waals surface area contributed by atoms with Crippen LogP contribution < -0.4 is 0 Å². The van der Waals surface area contributed by atoms with Crippen LogP contribution in [0, 0.1) is 0 Å². The Labute approximate surface area is 109 Å². The van der Waals surface area contributed by atoms with Crippen LogP contribution in [0.15, 0.2) is 0 Å². The van der Waals surface area contributed by atoms with E-state index in [1.54, 1.807) is 0 Å². The number of nitrogens with zero attached hydrogens (tertiary/aromatic N) is 1. The molecule has 1 unspecified atom stereocenters. The van der Waals surface area contributed by atoms with Gasteiger partial charge >= 0.3 is 5.97 Å². The molecule has 0 aromatic heterocycles. The van der Waals surface area contributed by atoms with Crippen molar-refractivity contribution in [1.29, 1.82) is 0 Å². The predicted octanol–water partition coefficient (Wildman–Crippen LogP) is 1.07. The van der Waals surface area contributed by atoms with E-state index in [4.69, 9.17) is 9.47 Å². The zero-order chi connectivity index (χ0) is 13.2. The first-order valence-electron chi connectivity index (χ1n) is 6.74. The molecule has 0 N–H and O–H groups in total. The van der Waals surface area contributed by atoms with Crippen molar-refractivity contribution in [1.82, 2.24) is 4.90 Å². The highest BCUT2D eigenvalue weighted by Gasteiger charge is 2.22. The first-order valence-corrected chi connectivity index (χ1v) is 6.74. The van der Waals surface area contributed by atoms with Gasteiger partial charge in [0.05, 0.1) is 32.8 Å². The topological polar surface area (TPSA) is 48.0 Å². The lowest BCUT2D eigenvalue weighted by molar-refractivity contribution is -0.145. The molecule has 5 heteroatoms. The number of hydrogen-bond donors (Lipinski definition) is 0. The molecule has 1 rings (SSSR count). The maximum absolute atomic E-state index is 11.2. The van der Waals surface area contributed by atoms with E-state index in [0.29, 0.717) is 13.0 Å². The summed E-state index contributed by atoms with van der Waals surface area (Å²) < 4.78 is 15.7. The van der Waals surface area contributed by atoms with E-state index in [-0.39, 0.29) is 12.1 Å². The smallest absolute Gasteiger partial charge is 0.308 e. The maximum atomic E-state index is 11.2. The number of methoxy groups -OCH3 is 1. The van der Waals surface area contributed by atoms with Crippen molar-refractivity contribution in [3.8, 4) is 0 Å². The average Bonchev–Trinajstić information content (AvgIpc) is 2.39. The van der Waals surface area contributed by atoms with Crippen LogP contribution in [-0.2, 0) is 19.0 Å². The number of esters is 1. The summed E-state index contributed by atoms with van der Waals surface area (Å²) >= 11 is 0. The first-order chi connectivity index (χ1) is 8.76. The zero-order valence-electron chi connectivity index (χ0n) is 11.5. The summed E-state index contributed by atoms with van der Waals surface area (Å²) in [5, 5.41) is 0. The number of carbonyl (C=O) groups is 1. The summed E-state index contributed by atoms with van der Waals surface area (Å²) in [7, 11) is 1.41. The van der Waals surface area contributed by atoms with Crippen LogP contribution in [0.2, 0.25) is 0 Å². The van der Waals surface area contributed by atoms with Crippen LogP contribution in [0.4, 0.5) is 0 Å². The molecule has 0 aromatic carbocycles. The minimum absolute atomic E-state index is 0.0400.